The molecule has 134 valence electrons. The second kappa shape index (κ2) is 8.20. The van der Waals surface area contributed by atoms with Gasteiger partial charge in [0.2, 0.25) is 5.91 Å². The van der Waals surface area contributed by atoms with Crippen molar-refractivity contribution in [1.29, 1.82) is 0 Å². The minimum Gasteiger partial charge on any atom is -0.342 e. The largest absolute Gasteiger partial charge is 0.342 e. The molecule has 1 saturated heterocycles. The van der Waals surface area contributed by atoms with Gasteiger partial charge in [0.05, 0.1) is 5.41 Å². The molecule has 2 fully saturated rings. The maximum Gasteiger partial charge on any atom is 0.233 e. The summed E-state index contributed by atoms with van der Waals surface area (Å²) in [5.74, 6) is 0.903. The van der Waals surface area contributed by atoms with E-state index in [0.717, 1.165) is 56.1 Å². The summed E-state index contributed by atoms with van der Waals surface area (Å²) in [7, 11) is 0. The molecule has 1 heterocycles. The first-order valence-electron chi connectivity index (χ1n) is 8.84. The number of nitrogens with zero attached hydrogens (tertiary/aromatic N) is 1. The number of hydrogen-bond donors (Lipinski definition) is 1. The smallest absolute Gasteiger partial charge is 0.233 e. The number of carbonyl (C=O) groups is 1. The third kappa shape index (κ3) is 3.81. The van der Waals surface area contributed by atoms with Crippen molar-refractivity contribution >= 4 is 34.2 Å². The molecule has 1 aromatic carbocycles. The van der Waals surface area contributed by atoms with Crippen LogP contribution in [-0.4, -0.2) is 29.9 Å². The third-order valence-corrected chi connectivity index (χ3v) is 6.31. The molecule has 0 bridgehead atoms. The van der Waals surface area contributed by atoms with E-state index in [1.54, 1.807) is 0 Å². The number of amides is 1. The van der Waals surface area contributed by atoms with Crippen LogP contribution in [0.5, 0.6) is 0 Å². The first-order valence-corrected chi connectivity index (χ1v) is 9.63. The van der Waals surface area contributed by atoms with Crippen molar-refractivity contribution in [2.75, 3.05) is 13.1 Å². The van der Waals surface area contributed by atoms with Gasteiger partial charge < -0.3 is 10.6 Å². The van der Waals surface area contributed by atoms with Crippen LogP contribution in [0.3, 0.4) is 0 Å². The van der Waals surface area contributed by atoms with E-state index in [9.17, 15) is 4.79 Å². The summed E-state index contributed by atoms with van der Waals surface area (Å²) in [6.45, 7) is 3.81. The first-order chi connectivity index (χ1) is 11.0. The number of likely N-dealkylation sites (tertiary alicyclic amines) is 1. The summed E-state index contributed by atoms with van der Waals surface area (Å²) in [5, 5.41) is 0. The van der Waals surface area contributed by atoms with Gasteiger partial charge in [-0.25, -0.2) is 0 Å². The molecule has 1 unspecified atom stereocenters. The molecule has 3 rings (SSSR count). The summed E-state index contributed by atoms with van der Waals surface area (Å²) in [5.41, 5.74) is 6.92. The zero-order valence-corrected chi connectivity index (χ0v) is 16.7. The molecule has 24 heavy (non-hydrogen) atoms. The summed E-state index contributed by atoms with van der Waals surface area (Å²) in [6, 6.07) is 8.58. The highest BCUT2D eigenvalue weighted by Gasteiger charge is 2.45. The molecule has 1 aromatic rings. The van der Waals surface area contributed by atoms with Crippen LogP contribution in [0.25, 0.3) is 0 Å². The van der Waals surface area contributed by atoms with Crippen molar-refractivity contribution in [3.63, 3.8) is 0 Å². The Morgan fingerprint density at radius 1 is 1.29 bits per heavy atom. The van der Waals surface area contributed by atoms with Crippen LogP contribution >= 0.6 is 28.3 Å². The Balaban J connectivity index is 0.00000208. The van der Waals surface area contributed by atoms with E-state index in [-0.39, 0.29) is 23.9 Å². The highest BCUT2D eigenvalue weighted by Crippen LogP contribution is 2.43. The topological polar surface area (TPSA) is 46.3 Å². The fourth-order valence-electron chi connectivity index (χ4n) is 4.32. The Morgan fingerprint density at radius 3 is 2.46 bits per heavy atom. The lowest BCUT2D eigenvalue weighted by atomic mass is 9.77. The molecule has 1 aliphatic carbocycles. The van der Waals surface area contributed by atoms with E-state index < -0.39 is 0 Å². The van der Waals surface area contributed by atoms with Crippen molar-refractivity contribution in [3.05, 3.63) is 34.3 Å². The van der Waals surface area contributed by atoms with E-state index in [0.29, 0.717) is 11.8 Å². The van der Waals surface area contributed by atoms with Gasteiger partial charge in [-0.1, -0.05) is 40.9 Å². The predicted molar refractivity (Wildman–Crippen MR) is 104 cm³/mol. The minimum absolute atomic E-state index is 0. The number of piperidine rings is 1. The van der Waals surface area contributed by atoms with Gasteiger partial charge in [-0.05, 0) is 56.2 Å². The molecule has 0 radical (unpaired) electrons. The summed E-state index contributed by atoms with van der Waals surface area (Å²) < 4.78 is 1.06. The number of hydrogen-bond acceptors (Lipinski definition) is 2. The standard InChI is InChI=1S/C19H27BrN2O.ClH/c1-14(21)15-7-11-22(12-8-15)18(23)19(9-2-3-10-19)16-5-4-6-17(20)13-16;/h4-6,13-15H,2-3,7-12,21H2,1H3;1H. The van der Waals surface area contributed by atoms with Crippen LogP contribution in [-0.2, 0) is 10.2 Å². The number of benzene rings is 1. The average molecular weight is 416 g/mol. The maximum absolute atomic E-state index is 13.4. The monoisotopic (exact) mass is 414 g/mol. The molecular formula is C19H28BrClN2O. The Labute approximate surface area is 159 Å². The second-order valence-corrected chi connectivity index (χ2v) is 8.20. The van der Waals surface area contributed by atoms with E-state index in [2.05, 4.69) is 46.0 Å². The fourth-order valence-corrected chi connectivity index (χ4v) is 4.72. The number of nitrogens with two attached hydrogens (primary N) is 1. The Bertz CT molecular complexity index is 564. The Hall–Kier alpha value is -0.580. The van der Waals surface area contributed by atoms with Crippen LogP contribution in [0.4, 0.5) is 0 Å². The number of rotatable bonds is 3. The fraction of sp³-hybridized carbons (Fsp3) is 0.632. The normalized spacial score (nSPS) is 22.0. The number of halogens is 2. The highest BCUT2D eigenvalue weighted by molar-refractivity contribution is 9.10. The van der Waals surface area contributed by atoms with E-state index in [4.69, 9.17) is 5.73 Å². The summed E-state index contributed by atoms with van der Waals surface area (Å²) in [6.07, 6.45) is 6.34. The lowest BCUT2D eigenvalue weighted by Gasteiger charge is -2.39. The van der Waals surface area contributed by atoms with Gasteiger partial charge in [-0.15, -0.1) is 12.4 Å². The predicted octanol–water partition coefficient (Wildman–Crippen LogP) is 4.27. The van der Waals surface area contributed by atoms with Crippen LogP contribution < -0.4 is 5.73 Å². The van der Waals surface area contributed by atoms with Gasteiger partial charge in [0.1, 0.15) is 0 Å². The second-order valence-electron chi connectivity index (χ2n) is 7.29. The molecule has 1 aliphatic heterocycles. The first kappa shape index (κ1) is 19.7. The van der Waals surface area contributed by atoms with Crippen molar-refractivity contribution in [2.24, 2.45) is 11.7 Å². The quantitative estimate of drug-likeness (QED) is 0.801. The SMILES string of the molecule is CC(N)C1CCN(C(=O)C2(c3cccc(Br)c3)CCCC2)CC1.Cl. The molecule has 1 saturated carbocycles. The third-order valence-electron chi connectivity index (χ3n) is 5.81. The molecule has 0 aromatic heterocycles. The molecular weight excluding hydrogens is 388 g/mol. The van der Waals surface area contributed by atoms with Crippen LogP contribution in [0.1, 0.15) is 51.0 Å². The summed E-state index contributed by atoms with van der Waals surface area (Å²) in [4.78, 5) is 15.5. The van der Waals surface area contributed by atoms with Crippen molar-refractivity contribution < 1.29 is 4.79 Å². The Morgan fingerprint density at radius 2 is 1.92 bits per heavy atom. The molecule has 5 heteroatoms. The molecule has 0 spiro atoms. The Kier molecular flexibility index (Phi) is 6.74. The van der Waals surface area contributed by atoms with Crippen LogP contribution in [0, 0.1) is 5.92 Å². The lowest BCUT2D eigenvalue weighted by Crippen LogP contribution is -2.50. The average Bonchev–Trinajstić information content (AvgIpc) is 3.05. The van der Waals surface area contributed by atoms with E-state index >= 15 is 0 Å². The highest BCUT2D eigenvalue weighted by atomic mass is 79.9. The molecule has 2 aliphatic rings. The molecule has 1 amide bonds. The van der Waals surface area contributed by atoms with Crippen molar-refractivity contribution in [3.8, 4) is 0 Å². The zero-order valence-electron chi connectivity index (χ0n) is 14.3. The lowest BCUT2D eigenvalue weighted by molar-refractivity contribution is -0.138. The zero-order chi connectivity index (χ0) is 16.4. The summed E-state index contributed by atoms with van der Waals surface area (Å²) >= 11 is 3.56. The van der Waals surface area contributed by atoms with Gasteiger partial charge in [-0.2, -0.15) is 0 Å². The minimum atomic E-state index is -0.301. The van der Waals surface area contributed by atoms with Crippen molar-refractivity contribution in [1.82, 2.24) is 4.90 Å². The number of carbonyl (C=O) groups excluding carboxylic acids is 1. The molecule has 1 atom stereocenters. The van der Waals surface area contributed by atoms with Gasteiger partial charge in [0.15, 0.2) is 0 Å². The van der Waals surface area contributed by atoms with Gasteiger partial charge in [0, 0.05) is 23.6 Å². The van der Waals surface area contributed by atoms with Gasteiger partial charge >= 0.3 is 0 Å². The molecule has 2 N–H and O–H groups in total. The van der Waals surface area contributed by atoms with Crippen LogP contribution in [0.15, 0.2) is 28.7 Å². The van der Waals surface area contributed by atoms with E-state index in [1.165, 1.54) is 5.56 Å². The maximum atomic E-state index is 13.4. The van der Waals surface area contributed by atoms with Crippen molar-refractivity contribution in [2.45, 2.75) is 56.9 Å². The van der Waals surface area contributed by atoms with E-state index in [1.807, 2.05) is 6.07 Å². The molecule has 3 nitrogen and oxygen atoms in total. The van der Waals surface area contributed by atoms with Crippen LogP contribution in [0.2, 0.25) is 0 Å². The van der Waals surface area contributed by atoms with Gasteiger partial charge in [0.25, 0.3) is 0 Å². The van der Waals surface area contributed by atoms with Gasteiger partial charge in [-0.3, -0.25) is 4.79 Å².